The molecular formula is C13H27IN4O2. The fourth-order valence-corrected chi connectivity index (χ4v) is 2.46. The Morgan fingerprint density at radius 1 is 1.55 bits per heavy atom. The third-order valence-corrected chi connectivity index (χ3v) is 3.33. The van der Waals surface area contributed by atoms with E-state index >= 15 is 0 Å². The number of nitrogens with two attached hydrogens (primary N) is 1. The molecule has 0 aliphatic carbocycles. The fourth-order valence-electron chi connectivity index (χ4n) is 2.46. The van der Waals surface area contributed by atoms with Gasteiger partial charge in [-0.2, -0.15) is 0 Å². The van der Waals surface area contributed by atoms with Crippen LogP contribution in [0.2, 0.25) is 0 Å². The van der Waals surface area contributed by atoms with Gasteiger partial charge in [-0.25, -0.2) is 0 Å². The second kappa shape index (κ2) is 11.1. The first kappa shape index (κ1) is 19.4. The van der Waals surface area contributed by atoms with E-state index in [4.69, 9.17) is 10.5 Å². The zero-order valence-electron chi connectivity index (χ0n) is 12.4. The molecule has 1 saturated heterocycles. The van der Waals surface area contributed by atoms with Crippen LogP contribution in [-0.2, 0) is 9.53 Å². The summed E-state index contributed by atoms with van der Waals surface area (Å²) in [6.07, 6.45) is 3.57. The van der Waals surface area contributed by atoms with Gasteiger partial charge in [0, 0.05) is 46.8 Å². The molecule has 1 aliphatic heterocycles. The predicted octanol–water partition coefficient (Wildman–Crippen LogP) is 0.804. The average molecular weight is 398 g/mol. The van der Waals surface area contributed by atoms with Crippen molar-refractivity contribution in [3.05, 3.63) is 0 Å². The number of rotatable bonds is 6. The molecule has 1 rings (SSSR count). The quantitative estimate of drug-likeness (QED) is 0.300. The number of hydrogen-bond acceptors (Lipinski definition) is 3. The number of carbonyl (C=O) groups is 1. The van der Waals surface area contributed by atoms with Crippen molar-refractivity contribution in [2.75, 3.05) is 40.4 Å². The second-order valence-electron chi connectivity index (χ2n) is 4.95. The topological polar surface area (TPSA) is 80.0 Å². The number of amides is 1. The largest absolute Gasteiger partial charge is 0.385 e. The van der Waals surface area contributed by atoms with Crippen molar-refractivity contribution in [2.45, 2.75) is 25.7 Å². The van der Waals surface area contributed by atoms with E-state index in [2.05, 4.69) is 15.2 Å². The SMILES string of the molecule is CN=C(NCCCOC)N1CCCC(CC(N)=O)C1.I. The van der Waals surface area contributed by atoms with Crippen LogP contribution in [0.25, 0.3) is 0 Å². The lowest BCUT2D eigenvalue weighted by atomic mass is 9.95. The summed E-state index contributed by atoms with van der Waals surface area (Å²) >= 11 is 0. The lowest BCUT2D eigenvalue weighted by molar-refractivity contribution is -0.119. The highest BCUT2D eigenvalue weighted by Gasteiger charge is 2.23. The molecule has 0 bridgehead atoms. The highest BCUT2D eigenvalue weighted by atomic mass is 127. The number of primary amides is 1. The Kier molecular flexibility index (Phi) is 10.8. The molecule has 1 aliphatic rings. The molecule has 0 radical (unpaired) electrons. The molecule has 1 fully saturated rings. The van der Waals surface area contributed by atoms with Crippen LogP contribution in [0.3, 0.4) is 0 Å². The van der Waals surface area contributed by atoms with Gasteiger partial charge in [-0.15, -0.1) is 24.0 Å². The van der Waals surface area contributed by atoms with Gasteiger partial charge in [-0.3, -0.25) is 9.79 Å². The lowest BCUT2D eigenvalue weighted by Gasteiger charge is -2.34. The van der Waals surface area contributed by atoms with Gasteiger partial charge in [0.1, 0.15) is 0 Å². The zero-order valence-corrected chi connectivity index (χ0v) is 14.8. The van der Waals surface area contributed by atoms with Gasteiger partial charge in [0.2, 0.25) is 5.91 Å². The van der Waals surface area contributed by atoms with Crippen LogP contribution in [0.1, 0.15) is 25.7 Å². The Morgan fingerprint density at radius 3 is 2.90 bits per heavy atom. The molecule has 118 valence electrons. The van der Waals surface area contributed by atoms with Gasteiger partial charge in [0.25, 0.3) is 0 Å². The molecule has 0 aromatic carbocycles. The van der Waals surface area contributed by atoms with Crippen molar-refractivity contribution < 1.29 is 9.53 Å². The molecule has 0 aromatic rings. The summed E-state index contributed by atoms with van der Waals surface area (Å²) in [7, 11) is 3.49. The average Bonchev–Trinajstić information content (AvgIpc) is 2.38. The van der Waals surface area contributed by atoms with Gasteiger partial charge >= 0.3 is 0 Å². The second-order valence-corrected chi connectivity index (χ2v) is 4.95. The number of carbonyl (C=O) groups excluding carboxylic acids is 1. The Hall–Kier alpha value is -0.570. The molecule has 0 spiro atoms. The normalized spacial score (nSPS) is 19.4. The van der Waals surface area contributed by atoms with Gasteiger partial charge < -0.3 is 20.7 Å². The number of halogens is 1. The van der Waals surface area contributed by atoms with E-state index < -0.39 is 0 Å². The van der Waals surface area contributed by atoms with Crippen molar-refractivity contribution in [3.8, 4) is 0 Å². The predicted molar refractivity (Wildman–Crippen MR) is 91.4 cm³/mol. The van der Waals surface area contributed by atoms with Crippen LogP contribution in [0.5, 0.6) is 0 Å². The number of ether oxygens (including phenoxy) is 1. The standard InChI is InChI=1S/C13H26N4O2.HI/c1-15-13(16-6-4-8-19-2)17-7-3-5-11(10-17)9-12(14)18;/h11H,3-10H2,1-2H3,(H2,14,18)(H,15,16);1H. The van der Waals surface area contributed by atoms with Crippen LogP contribution in [0.15, 0.2) is 4.99 Å². The first-order valence-corrected chi connectivity index (χ1v) is 6.90. The van der Waals surface area contributed by atoms with Gasteiger partial charge in [0.05, 0.1) is 0 Å². The van der Waals surface area contributed by atoms with E-state index in [1.54, 1.807) is 14.2 Å². The number of hydrogen-bond donors (Lipinski definition) is 2. The Morgan fingerprint density at radius 2 is 2.30 bits per heavy atom. The number of nitrogens with one attached hydrogen (secondary N) is 1. The maximum absolute atomic E-state index is 11.0. The van der Waals surface area contributed by atoms with Crippen LogP contribution in [0, 0.1) is 5.92 Å². The van der Waals surface area contributed by atoms with Crippen molar-refractivity contribution in [1.82, 2.24) is 10.2 Å². The van der Waals surface area contributed by atoms with E-state index in [9.17, 15) is 4.79 Å². The summed E-state index contributed by atoms with van der Waals surface area (Å²) in [5.41, 5.74) is 5.27. The molecule has 1 unspecified atom stereocenters. The minimum absolute atomic E-state index is 0. The molecule has 6 nitrogen and oxygen atoms in total. The molecular weight excluding hydrogens is 371 g/mol. The van der Waals surface area contributed by atoms with Gasteiger partial charge in [0.15, 0.2) is 5.96 Å². The first-order chi connectivity index (χ1) is 9.17. The molecule has 20 heavy (non-hydrogen) atoms. The first-order valence-electron chi connectivity index (χ1n) is 6.90. The van der Waals surface area contributed by atoms with E-state index in [1.165, 1.54) is 0 Å². The highest BCUT2D eigenvalue weighted by Crippen LogP contribution is 2.19. The highest BCUT2D eigenvalue weighted by molar-refractivity contribution is 14.0. The van der Waals surface area contributed by atoms with Crippen LogP contribution in [0.4, 0.5) is 0 Å². The van der Waals surface area contributed by atoms with Crippen LogP contribution >= 0.6 is 24.0 Å². The minimum Gasteiger partial charge on any atom is -0.385 e. The number of guanidine groups is 1. The molecule has 3 N–H and O–H groups in total. The summed E-state index contributed by atoms with van der Waals surface area (Å²) in [6, 6.07) is 0. The minimum atomic E-state index is -0.213. The monoisotopic (exact) mass is 398 g/mol. The van der Waals surface area contributed by atoms with Crippen molar-refractivity contribution in [3.63, 3.8) is 0 Å². The lowest BCUT2D eigenvalue weighted by Crippen LogP contribution is -2.47. The molecule has 0 aromatic heterocycles. The summed E-state index contributed by atoms with van der Waals surface area (Å²) in [5, 5.41) is 3.33. The Balaban J connectivity index is 0.00000361. The van der Waals surface area contributed by atoms with E-state index in [0.717, 1.165) is 51.5 Å². The Bertz CT molecular complexity index is 313. The summed E-state index contributed by atoms with van der Waals surface area (Å²) in [4.78, 5) is 17.5. The molecule has 1 amide bonds. The third-order valence-electron chi connectivity index (χ3n) is 3.33. The summed E-state index contributed by atoms with van der Waals surface area (Å²) < 4.78 is 5.02. The van der Waals surface area contributed by atoms with E-state index in [-0.39, 0.29) is 29.9 Å². The third kappa shape index (κ3) is 7.28. The number of aliphatic imine (C=N–C) groups is 1. The van der Waals surface area contributed by atoms with Crippen molar-refractivity contribution >= 4 is 35.8 Å². The number of likely N-dealkylation sites (tertiary alicyclic amines) is 1. The maximum atomic E-state index is 11.0. The van der Waals surface area contributed by atoms with Crippen molar-refractivity contribution in [2.24, 2.45) is 16.6 Å². The van der Waals surface area contributed by atoms with Gasteiger partial charge in [-0.05, 0) is 25.2 Å². The molecule has 1 atom stereocenters. The van der Waals surface area contributed by atoms with Gasteiger partial charge in [-0.1, -0.05) is 0 Å². The molecule has 1 heterocycles. The maximum Gasteiger partial charge on any atom is 0.217 e. The van der Waals surface area contributed by atoms with E-state index in [0.29, 0.717) is 12.3 Å². The Labute approximate surface area is 138 Å². The smallest absolute Gasteiger partial charge is 0.217 e. The molecule has 7 heteroatoms. The van der Waals surface area contributed by atoms with Crippen molar-refractivity contribution in [1.29, 1.82) is 0 Å². The van der Waals surface area contributed by atoms with Crippen LogP contribution < -0.4 is 11.1 Å². The zero-order chi connectivity index (χ0) is 14.1. The molecule has 0 saturated carbocycles. The summed E-state index contributed by atoms with van der Waals surface area (Å²) in [6.45, 7) is 3.43. The van der Waals surface area contributed by atoms with E-state index in [1.807, 2.05) is 0 Å². The number of piperidine rings is 1. The number of methoxy groups -OCH3 is 1. The number of nitrogens with zero attached hydrogens (tertiary/aromatic N) is 2. The fraction of sp³-hybridized carbons (Fsp3) is 0.846. The summed E-state index contributed by atoms with van der Waals surface area (Å²) in [5.74, 6) is 1.05. The van der Waals surface area contributed by atoms with Crippen LogP contribution in [-0.4, -0.2) is 57.2 Å².